The van der Waals surface area contributed by atoms with Crippen molar-refractivity contribution in [2.24, 2.45) is 0 Å². The van der Waals surface area contributed by atoms with E-state index in [1.807, 2.05) is 0 Å². The van der Waals surface area contributed by atoms with Gasteiger partial charge in [-0.05, 0) is 49.1 Å². The molecule has 128 valence electrons. The van der Waals surface area contributed by atoms with Crippen LogP contribution in [0.1, 0.15) is 46.4 Å². The molecule has 2 aromatic carbocycles. The van der Waals surface area contributed by atoms with Crippen molar-refractivity contribution in [2.45, 2.75) is 33.2 Å². The van der Waals surface area contributed by atoms with Crippen LogP contribution < -0.4 is 14.8 Å². The summed E-state index contributed by atoms with van der Waals surface area (Å²) >= 11 is 0. The highest BCUT2D eigenvalue weighted by Crippen LogP contribution is 2.24. The molecule has 0 heterocycles. The van der Waals surface area contributed by atoms with Gasteiger partial charge in [0.1, 0.15) is 11.5 Å². The van der Waals surface area contributed by atoms with Gasteiger partial charge in [0.25, 0.3) is 5.91 Å². The average molecular weight is 327 g/mol. The molecule has 0 aliphatic rings. The van der Waals surface area contributed by atoms with Gasteiger partial charge in [0.2, 0.25) is 0 Å². The molecule has 2 aromatic rings. The number of amides is 1. The summed E-state index contributed by atoms with van der Waals surface area (Å²) in [6.45, 7) is 6.23. The number of benzene rings is 2. The minimum Gasteiger partial charge on any atom is -0.497 e. The maximum absolute atomic E-state index is 12.7. The Bertz CT molecular complexity index is 703. The fourth-order valence-corrected chi connectivity index (χ4v) is 2.58. The molecule has 0 aromatic heterocycles. The van der Waals surface area contributed by atoms with Crippen molar-refractivity contribution in [3.63, 3.8) is 0 Å². The Morgan fingerprint density at radius 2 is 1.62 bits per heavy atom. The zero-order chi connectivity index (χ0) is 17.7. The van der Waals surface area contributed by atoms with E-state index in [0.29, 0.717) is 17.1 Å². The van der Waals surface area contributed by atoms with Crippen LogP contribution in [0.5, 0.6) is 11.5 Å². The first-order chi connectivity index (χ1) is 11.5. The van der Waals surface area contributed by atoms with E-state index in [1.54, 1.807) is 32.4 Å². The lowest BCUT2D eigenvalue weighted by Crippen LogP contribution is -2.28. The zero-order valence-corrected chi connectivity index (χ0v) is 15.0. The van der Waals surface area contributed by atoms with Crippen LogP contribution in [0.25, 0.3) is 0 Å². The Morgan fingerprint density at radius 3 is 2.12 bits per heavy atom. The van der Waals surface area contributed by atoms with Crippen LogP contribution >= 0.6 is 0 Å². The van der Waals surface area contributed by atoms with Crippen molar-refractivity contribution >= 4 is 5.91 Å². The molecule has 0 saturated heterocycles. The van der Waals surface area contributed by atoms with Crippen molar-refractivity contribution < 1.29 is 14.3 Å². The van der Waals surface area contributed by atoms with E-state index >= 15 is 0 Å². The number of rotatable bonds is 6. The van der Waals surface area contributed by atoms with Gasteiger partial charge in [0, 0.05) is 11.6 Å². The molecule has 24 heavy (non-hydrogen) atoms. The summed E-state index contributed by atoms with van der Waals surface area (Å²) in [6, 6.07) is 11.4. The van der Waals surface area contributed by atoms with Crippen LogP contribution in [0.3, 0.4) is 0 Å². The molecular formula is C20H25NO3. The summed E-state index contributed by atoms with van der Waals surface area (Å²) in [5, 5.41) is 3.10. The predicted octanol–water partition coefficient (Wildman–Crippen LogP) is 4.20. The smallest absolute Gasteiger partial charge is 0.252 e. The Labute approximate surface area is 143 Å². The Hall–Kier alpha value is -2.49. The molecule has 0 bridgehead atoms. The van der Waals surface area contributed by atoms with E-state index in [0.717, 1.165) is 12.0 Å². The van der Waals surface area contributed by atoms with Gasteiger partial charge < -0.3 is 14.8 Å². The molecule has 0 unspecified atom stereocenters. The summed E-state index contributed by atoms with van der Waals surface area (Å²) < 4.78 is 10.5. The number of carbonyl (C=O) groups excluding carboxylic acids is 1. The molecular weight excluding hydrogens is 302 g/mol. The largest absolute Gasteiger partial charge is 0.497 e. The van der Waals surface area contributed by atoms with Crippen LogP contribution in [0.15, 0.2) is 36.4 Å². The number of hydrogen-bond acceptors (Lipinski definition) is 3. The average Bonchev–Trinajstić information content (AvgIpc) is 2.61. The quantitative estimate of drug-likeness (QED) is 0.865. The highest BCUT2D eigenvalue weighted by molar-refractivity contribution is 5.95. The second-order valence-corrected chi connectivity index (χ2v) is 5.88. The Kier molecular flexibility index (Phi) is 5.85. The van der Waals surface area contributed by atoms with Gasteiger partial charge in [0.15, 0.2) is 0 Å². The lowest BCUT2D eigenvalue weighted by molar-refractivity contribution is 0.0935. The zero-order valence-electron chi connectivity index (χ0n) is 15.0. The molecule has 0 aliphatic heterocycles. The van der Waals surface area contributed by atoms with Gasteiger partial charge in [-0.3, -0.25) is 4.79 Å². The Balaban J connectivity index is 2.24. The van der Waals surface area contributed by atoms with Crippen molar-refractivity contribution in [3.05, 3.63) is 58.7 Å². The normalized spacial score (nSPS) is 11.7. The van der Waals surface area contributed by atoms with Gasteiger partial charge in [-0.15, -0.1) is 0 Å². The molecule has 4 nitrogen and oxygen atoms in total. The number of methoxy groups -OCH3 is 2. The molecule has 1 N–H and O–H groups in total. The van der Waals surface area contributed by atoms with Crippen LogP contribution in [-0.2, 0) is 0 Å². The number of aryl methyl sites for hydroxylation is 2. The SMILES string of the molecule is CC[C@@H](NC(=O)c1cc(OC)cc(OC)c1)c1ccc(C)c(C)c1. The molecule has 2 rings (SSSR count). The summed E-state index contributed by atoms with van der Waals surface area (Å²) in [6.07, 6.45) is 0.815. The van der Waals surface area contributed by atoms with Crippen LogP contribution in [0.4, 0.5) is 0 Å². The molecule has 1 atom stereocenters. The third kappa shape index (κ3) is 4.07. The van der Waals surface area contributed by atoms with Crippen LogP contribution in [0.2, 0.25) is 0 Å². The summed E-state index contributed by atoms with van der Waals surface area (Å²) in [7, 11) is 3.14. The topological polar surface area (TPSA) is 47.6 Å². The molecule has 0 aliphatic carbocycles. The maximum atomic E-state index is 12.7. The maximum Gasteiger partial charge on any atom is 0.252 e. The molecule has 0 fully saturated rings. The summed E-state index contributed by atoms with van der Waals surface area (Å²) in [5.41, 5.74) is 4.11. The Morgan fingerprint density at radius 1 is 1.00 bits per heavy atom. The van der Waals surface area contributed by atoms with E-state index in [-0.39, 0.29) is 11.9 Å². The highest BCUT2D eigenvalue weighted by atomic mass is 16.5. The first-order valence-corrected chi connectivity index (χ1v) is 8.09. The van der Waals surface area contributed by atoms with Gasteiger partial charge in [-0.2, -0.15) is 0 Å². The van der Waals surface area contributed by atoms with Crippen molar-refractivity contribution in [3.8, 4) is 11.5 Å². The highest BCUT2D eigenvalue weighted by Gasteiger charge is 2.16. The standard InChI is InChI=1S/C20H25NO3/c1-6-19(15-8-7-13(2)14(3)9-15)21-20(22)16-10-17(23-4)12-18(11-16)24-5/h7-12,19H,6H2,1-5H3,(H,21,22)/t19-/m1/s1. The molecule has 0 spiro atoms. The predicted molar refractivity (Wildman–Crippen MR) is 96.0 cm³/mol. The van der Waals surface area contributed by atoms with Crippen molar-refractivity contribution in [2.75, 3.05) is 14.2 Å². The first kappa shape index (κ1) is 17.9. The second kappa shape index (κ2) is 7.86. The second-order valence-electron chi connectivity index (χ2n) is 5.88. The van der Waals surface area contributed by atoms with Crippen LogP contribution in [0, 0.1) is 13.8 Å². The lowest BCUT2D eigenvalue weighted by Gasteiger charge is -2.19. The minimum absolute atomic E-state index is 0.0333. The van der Waals surface area contributed by atoms with E-state index in [2.05, 4.69) is 44.3 Å². The monoisotopic (exact) mass is 327 g/mol. The van der Waals surface area contributed by atoms with Gasteiger partial charge in [0.05, 0.1) is 20.3 Å². The number of carbonyl (C=O) groups is 1. The summed E-state index contributed by atoms with van der Waals surface area (Å²) in [5.74, 6) is 1.05. The van der Waals surface area contributed by atoms with Gasteiger partial charge in [-0.1, -0.05) is 25.1 Å². The number of nitrogens with one attached hydrogen (secondary N) is 1. The van der Waals surface area contributed by atoms with E-state index in [9.17, 15) is 4.79 Å². The van der Waals surface area contributed by atoms with Crippen LogP contribution in [-0.4, -0.2) is 20.1 Å². The molecule has 0 radical (unpaired) electrons. The van der Waals surface area contributed by atoms with E-state index in [4.69, 9.17) is 9.47 Å². The van der Waals surface area contributed by atoms with Gasteiger partial charge in [-0.25, -0.2) is 0 Å². The number of ether oxygens (including phenoxy) is 2. The van der Waals surface area contributed by atoms with E-state index < -0.39 is 0 Å². The van der Waals surface area contributed by atoms with Gasteiger partial charge >= 0.3 is 0 Å². The number of hydrogen-bond donors (Lipinski definition) is 1. The molecule has 4 heteroatoms. The fourth-order valence-electron chi connectivity index (χ4n) is 2.58. The van der Waals surface area contributed by atoms with E-state index in [1.165, 1.54) is 11.1 Å². The fraction of sp³-hybridized carbons (Fsp3) is 0.350. The molecule has 0 saturated carbocycles. The van der Waals surface area contributed by atoms with Crippen molar-refractivity contribution in [1.82, 2.24) is 5.32 Å². The third-order valence-corrected chi connectivity index (χ3v) is 4.26. The lowest BCUT2D eigenvalue weighted by atomic mass is 9.99. The molecule has 1 amide bonds. The first-order valence-electron chi connectivity index (χ1n) is 8.09. The third-order valence-electron chi connectivity index (χ3n) is 4.26. The van der Waals surface area contributed by atoms with Crippen molar-refractivity contribution in [1.29, 1.82) is 0 Å². The summed E-state index contributed by atoms with van der Waals surface area (Å²) in [4.78, 5) is 12.7. The minimum atomic E-state index is -0.141.